The standard InChI is InChI=1S/2C3H8O.C3H6O.Ti/c3*1-3(2)4;/h2*3-4H,1-2H3;1-2H3;. The number of carbonyl (C=O) groups is 1. The smallest absolute Gasteiger partial charge is 0.126 e. The largest absolute Gasteiger partial charge is 0.394 e. The van der Waals surface area contributed by atoms with E-state index in [1.807, 2.05) is 0 Å². The zero-order valence-electron chi connectivity index (χ0n) is 9.46. The molecule has 0 rings (SSSR count). The van der Waals surface area contributed by atoms with Crippen LogP contribution in [0.1, 0.15) is 41.5 Å². The normalized spacial score (nSPS) is 7.54. The first-order valence-electron chi connectivity index (χ1n) is 4.03. The fourth-order valence-electron chi connectivity index (χ4n) is 0. The first kappa shape index (κ1) is 23.3. The average Bonchev–Trinajstić information content (AvgIpc) is 1.54. The number of ketones is 1. The van der Waals surface area contributed by atoms with Crippen LogP contribution in [-0.4, -0.2) is 28.2 Å². The van der Waals surface area contributed by atoms with Gasteiger partial charge in [-0.2, -0.15) is 0 Å². The fraction of sp³-hybridized carbons (Fsp3) is 0.889. The number of aliphatic hydroxyl groups excluding tert-OH is 2. The first-order valence-corrected chi connectivity index (χ1v) is 4.03. The van der Waals surface area contributed by atoms with Crippen molar-refractivity contribution in [1.82, 2.24) is 0 Å². The predicted octanol–water partition coefficient (Wildman–Crippen LogP) is 1.37. The van der Waals surface area contributed by atoms with Crippen molar-refractivity contribution < 1.29 is 36.7 Å². The van der Waals surface area contributed by atoms with Crippen LogP contribution in [0, 0.1) is 0 Å². The average molecular weight is 226 g/mol. The predicted molar refractivity (Wildman–Crippen MR) is 51.1 cm³/mol. The van der Waals surface area contributed by atoms with Crippen molar-refractivity contribution >= 4 is 5.78 Å². The van der Waals surface area contributed by atoms with Gasteiger partial charge in [0.25, 0.3) is 0 Å². The Balaban J connectivity index is -0.0000000450. The summed E-state index contributed by atoms with van der Waals surface area (Å²) in [7, 11) is 0. The second-order valence-corrected chi connectivity index (χ2v) is 3.10. The second kappa shape index (κ2) is 18.2. The SMILES string of the molecule is CC(C)=O.CC(C)O.CC(C)O.[Ti]. The van der Waals surface area contributed by atoms with E-state index in [2.05, 4.69) is 0 Å². The van der Waals surface area contributed by atoms with Crippen LogP contribution in [0.2, 0.25) is 0 Å². The molecular formula is C9H22O3Ti. The van der Waals surface area contributed by atoms with Crippen LogP contribution in [0.15, 0.2) is 0 Å². The van der Waals surface area contributed by atoms with Crippen LogP contribution in [0.4, 0.5) is 0 Å². The number of carbonyl (C=O) groups excluding carboxylic acids is 1. The molecule has 0 radical (unpaired) electrons. The van der Waals surface area contributed by atoms with E-state index in [4.69, 9.17) is 10.2 Å². The van der Waals surface area contributed by atoms with Gasteiger partial charge in [-0.05, 0) is 41.5 Å². The molecule has 4 heteroatoms. The summed E-state index contributed by atoms with van der Waals surface area (Å²) >= 11 is 0. The molecular weight excluding hydrogens is 204 g/mol. The molecule has 0 bridgehead atoms. The van der Waals surface area contributed by atoms with Gasteiger partial charge in [0.05, 0.1) is 0 Å². The van der Waals surface area contributed by atoms with Crippen molar-refractivity contribution in [2.45, 2.75) is 53.8 Å². The molecule has 0 aliphatic heterocycles. The van der Waals surface area contributed by atoms with Crippen LogP contribution < -0.4 is 0 Å². The van der Waals surface area contributed by atoms with Gasteiger partial charge >= 0.3 is 0 Å². The van der Waals surface area contributed by atoms with Gasteiger partial charge in [-0.15, -0.1) is 0 Å². The maximum absolute atomic E-state index is 9.44. The molecule has 80 valence electrons. The third-order valence-electron chi connectivity index (χ3n) is 0. The van der Waals surface area contributed by atoms with E-state index in [-0.39, 0.29) is 39.7 Å². The molecule has 0 aliphatic rings. The van der Waals surface area contributed by atoms with E-state index in [0.29, 0.717) is 0 Å². The summed E-state index contributed by atoms with van der Waals surface area (Å²) < 4.78 is 0. The molecule has 0 aromatic heterocycles. The van der Waals surface area contributed by atoms with Crippen molar-refractivity contribution in [3.8, 4) is 0 Å². The fourth-order valence-corrected chi connectivity index (χ4v) is 0. The molecule has 2 N–H and O–H groups in total. The van der Waals surface area contributed by atoms with Gasteiger partial charge in [-0.25, -0.2) is 0 Å². The third kappa shape index (κ3) is 14100. The van der Waals surface area contributed by atoms with Gasteiger partial charge in [0, 0.05) is 33.9 Å². The molecule has 3 nitrogen and oxygen atoms in total. The number of hydrogen-bond acceptors (Lipinski definition) is 3. The Morgan fingerprint density at radius 1 is 0.923 bits per heavy atom. The molecule has 0 unspecified atom stereocenters. The summed E-state index contributed by atoms with van der Waals surface area (Å²) in [4.78, 5) is 9.44. The van der Waals surface area contributed by atoms with E-state index in [1.165, 1.54) is 13.8 Å². The van der Waals surface area contributed by atoms with Crippen LogP contribution in [0.3, 0.4) is 0 Å². The first-order chi connectivity index (χ1) is 5.20. The van der Waals surface area contributed by atoms with Crippen molar-refractivity contribution in [2.75, 3.05) is 0 Å². The van der Waals surface area contributed by atoms with Crippen LogP contribution >= 0.6 is 0 Å². The molecule has 0 saturated carbocycles. The summed E-state index contributed by atoms with van der Waals surface area (Å²) in [5, 5.41) is 16.1. The minimum Gasteiger partial charge on any atom is -0.394 e. The number of Topliss-reactive ketones (excluding diaryl/α,β-unsaturated/α-hetero) is 1. The number of aliphatic hydroxyl groups is 2. The van der Waals surface area contributed by atoms with E-state index in [1.54, 1.807) is 27.7 Å². The number of rotatable bonds is 0. The zero-order chi connectivity index (χ0) is 10.7. The molecule has 0 aromatic carbocycles. The van der Waals surface area contributed by atoms with Gasteiger partial charge in [-0.1, -0.05) is 0 Å². The molecule has 0 atom stereocenters. The van der Waals surface area contributed by atoms with Gasteiger partial charge in [-0.3, -0.25) is 0 Å². The van der Waals surface area contributed by atoms with Crippen molar-refractivity contribution in [2.24, 2.45) is 0 Å². The summed E-state index contributed by atoms with van der Waals surface area (Å²) in [5.41, 5.74) is 0. The Morgan fingerprint density at radius 2 is 0.923 bits per heavy atom. The third-order valence-corrected chi connectivity index (χ3v) is 0. The zero-order valence-corrected chi connectivity index (χ0v) is 11.0. The van der Waals surface area contributed by atoms with Crippen molar-refractivity contribution in [3.63, 3.8) is 0 Å². The molecule has 0 amide bonds. The summed E-state index contributed by atoms with van der Waals surface area (Å²) in [5.74, 6) is 0.167. The Hall–Kier alpha value is 0.304. The minimum absolute atomic E-state index is 0. The van der Waals surface area contributed by atoms with Crippen LogP contribution in [0.5, 0.6) is 0 Å². The molecule has 0 aromatic rings. The van der Waals surface area contributed by atoms with E-state index < -0.39 is 0 Å². The summed E-state index contributed by atoms with van der Waals surface area (Å²) in [6, 6.07) is 0. The Morgan fingerprint density at radius 3 is 0.923 bits per heavy atom. The Labute approximate surface area is 96.4 Å². The van der Waals surface area contributed by atoms with Gasteiger partial charge in [0.1, 0.15) is 5.78 Å². The molecule has 0 spiro atoms. The van der Waals surface area contributed by atoms with Gasteiger partial charge in [0.15, 0.2) is 0 Å². The van der Waals surface area contributed by atoms with E-state index in [0.717, 1.165) is 0 Å². The molecule has 0 fully saturated rings. The van der Waals surface area contributed by atoms with Gasteiger partial charge in [0.2, 0.25) is 0 Å². The maximum atomic E-state index is 9.44. The van der Waals surface area contributed by atoms with Gasteiger partial charge < -0.3 is 15.0 Å². The topological polar surface area (TPSA) is 57.5 Å². The summed E-state index contributed by atoms with van der Waals surface area (Å²) in [6.07, 6.45) is -0.333. The monoisotopic (exact) mass is 226 g/mol. The Kier molecular flexibility index (Phi) is 32.5. The molecule has 0 heterocycles. The van der Waals surface area contributed by atoms with Crippen LogP contribution in [0.25, 0.3) is 0 Å². The van der Waals surface area contributed by atoms with Crippen molar-refractivity contribution in [3.05, 3.63) is 0 Å². The molecule has 0 saturated heterocycles. The summed E-state index contributed by atoms with van der Waals surface area (Å²) in [6.45, 7) is 9.94. The van der Waals surface area contributed by atoms with E-state index in [9.17, 15) is 4.79 Å². The Bertz CT molecular complexity index is 77.4. The number of hydrogen-bond donors (Lipinski definition) is 2. The van der Waals surface area contributed by atoms with Crippen molar-refractivity contribution in [1.29, 1.82) is 0 Å². The molecule has 0 aliphatic carbocycles. The molecule has 13 heavy (non-hydrogen) atoms. The van der Waals surface area contributed by atoms with Crippen LogP contribution in [-0.2, 0) is 26.5 Å². The quantitative estimate of drug-likeness (QED) is 0.613. The minimum atomic E-state index is -0.167. The maximum Gasteiger partial charge on any atom is 0.126 e. The second-order valence-electron chi connectivity index (χ2n) is 3.10. The van der Waals surface area contributed by atoms with E-state index >= 15 is 0 Å².